The van der Waals surface area contributed by atoms with E-state index >= 15 is 0 Å². The van der Waals surface area contributed by atoms with Gasteiger partial charge in [-0.2, -0.15) is 0 Å². The van der Waals surface area contributed by atoms with Crippen LogP contribution in [0.3, 0.4) is 0 Å². The van der Waals surface area contributed by atoms with Crippen molar-refractivity contribution in [2.75, 3.05) is 14.2 Å². The smallest absolute Gasteiger partial charge is 0.128 e. The predicted octanol–water partition coefficient (Wildman–Crippen LogP) is 3.71. The summed E-state index contributed by atoms with van der Waals surface area (Å²) >= 11 is 0. The van der Waals surface area contributed by atoms with Gasteiger partial charge in [0, 0.05) is 5.56 Å². The molecule has 2 aromatic carbocycles. The fraction of sp³-hybridized carbons (Fsp3) is 0.333. The lowest BCUT2D eigenvalue weighted by Crippen LogP contribution is -2.05. The topological polar surface area (TPSA) is 38.7 Å². The Balaban J connectivity index is 2.49. The Labute approximate surface area is 126 Å². The molecule has 0 aromatic heterocycles. The van der Waals surface area contributed by atoms with Gasteiger partial charge >= 0.3 is 0 Å². The molecule has 112 valence electrons. The van der Waals surface area contributed by atoms with E-state index in [0.29, 0.717) is 0 Å². The van der Waals surface area contributed by atoms with Crippen molar-refractivity contribution in [3.63, 3.8) is 0 Å². The SMILES string of the molecule is COc1cc(C(O)c2ccc(C)c(C)c2OC)ccc1C. The maximum absolute atomic E-state index is 10.7. The summed E-state index contributed by atoms with van der Waals surface area (Å²) in [5.74, 6) is 1.51. The molecule has 21 heavy (non-hydrogen) atoms. The van der Waals surface area contributed by atoms with Crippen LogP contribution in [0.5, 0.6) is 11.5 Å². The lowest BCUT2D eigenvalue weighted by atomic mass is 9.95. The molecule has 3 nitrogen and oxygen atoms in total. The van der Waals surface area contributed by atoms with Crippen LogP contribution in [0.25, 0.3) is 0 Å². The van der Waals surface area contributed by atoms with Gasteiger partial charge in [0.05, 0.1) is 14.2 Å². The standard InChI is InChI=1S/C18H22O3/c1-11-7-9-15(18(21-5)13(11)3)17(19)14-8-6-12(2)16(10-14)20-4/h6-10,17,19H,1-5H3. The fourth-order valence-electron chi connectivity index (χ4n) is 2.48. The van der Waals surface area contributed by atoms with E-state index in [2.05, 4.69) is 0 Å². The minimum absolute atomic E-state index is 0.738. The van der Waals surface area contributed by atoms with Crippen molar-refractivity contribution in [1.82, 2.24) is 0 Å². The average Bonchev–Trinajstić information content (AvgIpc) is 2.49. The van der Waals surface area contributed by atoms with Crippen molar-refractivity contribution in [2.24, 2.45) is 0 Å². The van der Waals surface area contributed by atoms with Crippen LogP contribution >= 0.6 is 0 Å². The van der Waals surface area contributed by atoms with Gasteiger partial charge in [-0.1, -0.05) is 24.3 Å². The molecule has 3 heteroatoms. The van der Waals surface area contributed by atoms with E-state index < -0.39 is 6.10 Å². The van der Waals surface area contributed by atoms with Gasteiger partial charge < -0.3 is 14.6 Å². The molecular weight excluding hydrogens is 264 g/mol. The Morgan fingerprint density at radius 3 is 2.19 bits per heavy atom. The van der Waals surface area contributed by atoms with Gasteiger partial charge in [-0.25, -0.2) is 0 Å². The first-order chi connectivity index (χ1) is 9.99. The minimum Gasteiger partial charge on any atom is -0.496 e. The lowest BCUT2D eigenvalue weighted by Gasteiger charge is -2.19. The molecule has 1 atom stereocenters. The monoisotopic (exact) mass is 286 g/mol. The molecule has 0 amide bonds. The Morgan fingerprint density at radius 1 is 0.905 bits per heavy atom. The van der Waals surface area contributed by atoms with Crippen LogP contribution in [-0.2, 0) is 0 Å². The number of ether oxygens (including phenoxy) is 2. The molecule has 0 bridgehead atoms. The van der Waals surface area contributed by atoms with Crippen LogP contribution in [0.1, 0.15) is 33.9 Å². The first kappa shape index (κ1) is 15.4. The molecule has 0 saturated carbocycles. The van der Waals surface area contributed by atoms with Crippen molar-refractivity contribution < 1.29 is 14.6 Å². The number of hydrogen-bond acceptors (Lipinski definition) is 3. The summed E-state index contributed by atoms with van der Waals surface area (Å²) < 4.78 is 10.8. The van der Waals surface area contributed by atoms with Gasteiger partial charge in [0.2, 0.25) is 0 Å². The van der Waals surface area contributed by atoms with Crippen LogP contribution in [-0.4, -0.2) is 19.3 Å². The molecule has 0 aliphatic carbocycles. The normalized spacial score (nSPS) is 12.1. The van der Waals surface area contributed by atoms with E-state index in [1.165, 1.54) is 0 Å². The largest absolute Gasteiger partial charge is 0.496 e. The molecule has 2 aromatic rings. The molecule has 1 unspecified atom stereocenters. The Kier molecular flexibility index (Phi) is 4.53. The van der Waals surface area contributed by atoms with Crippen molar-refractivity contribution in [3.8, 4) is 11.5 Å². The number of aryl methyl sites for hydroxylation is 2. The van der Waals surface area contributed by atoms with E-state index in [-0.39, 0.29) is 0 Å². The highest BCUT2D eigenvalue weighted by atomic mass is 16.5. The predicted molar refractivity (Wildman–Crippen MR) is 84.3 cm³/mol. The lowest BCUT2D eigenvalue weighted by molar-refractivity contribution is 0.214. The first-order valence-electron chi connectivity index (χ1n) is 6.96. The van der Waals surface area contributed by atoms with Gasteiger partial charge in [-0.3, -0.25) is 0 Å². The summed E-state index contributed by atoms with van der Waals surface area (Å²) in [6.45, 7) is 6.01. The highest BCUT2D eigenvalue weighted by Gasteiger charge is 2.18. The summed E-state index contributed by atoms with van der Waals surface area (Å²) in [6.07, 6.45) is -0.742. The van der Waals surface area contributed by atoms with Crippen LogP contribution < -0.4 is 9.47 Å². The Morgan fingerprint density at radius 2 is 1.57 bits per heavy atom. The summed E-state index contributed by atoms with van der Waals surface area (Å²) in [4.78, 5) is 0. The van der Waals surface area contributed by atoms with Crippen LogP contribution in [0.4, 0.5) is 0 Å². The van der Waals surface area contributed by atoms with Crippen molar-refractivity contribution in [2.45, 2.75) is 26.9 Å². The molecule has 0 aliphatic rings. The summed E-state index contributed by atoms with van der Waals surface area (Å²) in [6, 6.07) is 9.65. The summed E-state index contributed by atoms with van der Waals surface area (Å²) in [5, 5.41) is 10.7. The second kappa shape index (κ2) is 6.19. The number of aliphatic hydroxyl groups is 1. The number of methoxy groups -OCH3 is 2. The number of aliphatic hydroxyl groups excluding tert-OH is 1. The molecule has 0 radical (unpaired) electrons. The molecule has 0 heterocycles. The van der Waals surface area contributed by atoms with Gasteiger partial charge in [0.1, 0.15) is 17.6 Å². The molecule has 0 spiro atoms. The van der Waals surface area contributed by atoms with Crippen LogP contribution in [0.2, 0.25) is 0 Å². The quantitative estimate of drug-likeness (QED) is 0.931. The molecular formula is C18H22O3. The molecule has 0 fully saturated rings. The average molecular weight is 286 g/mol. The number of rotatable bonds is 4. The highest BCUT2D eigenvalue weighted by molar-refractivity contribution is 5.50. The van der Waals surface area contributed by atoms with Crippen molar-refractivity contribution >= 4 is 0 Å². The van der Waals surface area contributed by atoms with Gasteiger partial charge in [-0.05, 0) is 49.1 Å². The van der Waals surface area contributed by atoms with Crippen molar-refractivity contribution in [1.29, 1.82) is 0 Å². The van der Waals surface area contributed by atoms with E-state index in [1.54, 1.807) is 14.2 Å². The summed E-state index contributed by atoms with van der Waals surface area (Å²) in [7, 11) is 3.27. The Hall–Kier alpha value is -2.00. The number of hydrogen-bond donors (Lipinski definition) is 1. The maximum atomic E-state index is 10.7. The molecule has 1 N–H and O–H groups in total. The summed E-state index contributed by atoms with van der Waals surface area (Å²) in [5.41, 5.74) is 4.79. The fourth-order valence-corrected chi connectivity index (χ4v) is 2.48. The highest BCUT2D eigenvalue weighted by Crippen LogP contribution is 2.35. The zero-order valence-electron chi connectivity index (χ0n) is 13.2. The molecule has 0 aliphatic heterocycles. The van der Waals surface area contributed by atoms with Crippen LogP contribution in [0, 0.1) is 20.8 Å². The van der Waals surface area contributed by atoms with Crippen molar-refractivity contribution in [3.05, 3.63) is 58.1 Å². The maximum Gasteiger partial charge on any atom is 0.128 e. The van der Waals surface area contributed by atoms with Crippen LogP contribution in [0.15, 0.2) is 30.3 Å². The molecule has 2 rings (SSSR count). The second-order valence-corrected chi connectivity index (χ2v) is 5.26. The minimum atomic E-state index is -0.742. The third-order valence-corrected chi connectivity index (χ3v) is 3.95. The number of benzene rings is 2. The van der Waals surface area contributed by atoms with E-state index in [1.807, 2.05) is 51.1 Å². The molecule has 0 saturated heterocycles. The van der Waals surface area contributed by atoms with Gasteiger partial charge in [0.15, 0.2) is 0 Å². The third kappa shape index (κ3) is 2.88. The zero-order chi connectivity index (χ0) is 15.6. The van der Waals surface area contributed by atoms with Gasteiger partial charge in [0.25, 0.3) is 0 Å². The second-order valence-electron chi connectivity index (χ2n) is 5.26. The van der Waals surface area contributed by atoms with Gasteiger partial charge in [-0.15, -0.1) is 0 Å². The third-order valence-electron chi connectivity index (χ3n) is 3.95. The van der Waals surface area contributed by atoms with E-state index in [4.69, 9.17) is 9.47 Å². The Bertz CT molecular complexity index is 647. The van der Waals surface area contributed by atoms with E-state index in [0.717, 1.165) is 39.3 Å². The first-order valence-corrected chi connectivity index (χ1v) is 6.96. The van der Waals surface area contributed by atoms with E-state index in [9.17, 15) is 5.11 Å². The zero-order valence-corrected chi connectivity index (χ0v) is 13.2.